The van der Waals surface area contributed by atoms with Crippen LogP contribution in [0.3, 0.4) is 0 Å². The zero-order chi connectivity index (χ0) is 22.7. The van der Waals surface area contributed by atoms with E-state index in [4.69, 9.17) is 32.7 Å². The monoisotopic (exact) mass is 486 g/mol. The van der Waals surface area contributed by atoms with Crippen LogP contribution in [0.5, 0.6) is 5.75 Å². The van der Waals surface area contributed by atoms with E-state index in [-0.39, 0.29) is 5.56 Å². The van der Waals surface area contributed by atoms with Crippen LogP contribution in [0.25, 0.3) is 0 Å². The molecule has 0 aliphatic heterocycles. The van der Waals surface area contributed by atoms with Crippen molar-refractivity contribution in [3.63, 3.8) is 0 Å². The number of alkyl halides is 3. The maximum atomic E-state index is 12.9. The fourth-order valence-electron chi connectivity index (χ4n) is 2.11. The molecule has 0 aliphatic carbocycles. The average molecular weight is 487 g/mol. The second-order valence-electron chi connectivity index (χ2n) is 5.43. The van der Waals surface area contributed by atoms with Crippen LogP contribution in [-0.4, -0.2) is 31.9 Å². The first kappa shape index (κ1) is 23.7. The molecule has 162 valence electrons. The fraction of sp³-hybridized carbons (Fsp3) is 0.188. The zero-order valence-corrected chi connectivity index (χ0v) is 17.1. The van der Waals surface area contributed by atoms with Gasteiger partial charge in [-0.3, -0.25) is 10.1 Å². The summed E-state index contributed by atoms with van der Waals surface area (Å²) in [6.45, 7) is 0. The Morgan fingerprint density at radius 3 is 2.23 bits per heavy atom. The van der Waals surface area contributed by atoms with Crippen molar-refractivity contribution in [2.45, 2.75) is 11.7 Å². The molecule has 2 aromatic rings. The molecule has 2 aromatic carbocycles. The van der Waals surface area contributed by atoms with Crippen LogP contribution in [0.1, 0.15) is 11.1 Å². The van der Waals surface area contributed by atoms with Gasteiger partial charge in [0.2, 0.25) is 5.90 Å². The van der Waals surface area contributed by atoms with Crippen molar-refractivity contribution in [1.82, 2.24) is 0 Å². The number of benzene rings is 2. The van der Waals surface area contributed by atoms with Crippen molar-refractivity contribution in [3.05, 3.63) is 73.8 Å². The molecule has 0 saturated carbocycles. The van der Waals surface area contributed by atoms with Crippen LogP contribution in [0.4, 0.5) is 13.2 Å². The second kappa shape index (κ2) is 9.06. The second-order valence-corrected chi connectivity index (χ2v) is 7.80. The first-order valence-corrected chi connectivity index (χ1v) is 9.93. The normalized spacial score (nSPS) is 13.6. The highest BCUT2D eigenvalue weighted by Gasteiger charge is 2.41. The third kappa shape index (κ3) is 5.32. The summed E-state index contributed by atoms with van der Waals surface area (Å²) >= 11 is 11.2. The summed E-state index contributed by atoms with van der Waals surface area (Å²) < 4.78 is 76.4. The molecule has 1 unspecified atom stereocenters. The van der Waals surface area contributed by atoms with Gasteiger partial charge in [-0.25, -0.2) is 0 Å². The Kier molecular flexibility index (Phi) is 7.16. The number of nitrogens with zero attached hydrogens (tertiary/aromatic N) is 2. The van der Waals surface area contributed by atoms with E-state index in [1.54, 1.807) is 18.2 Å². The summed E-state index contributed by atoms with van der Waals surface area (Å²) in [4.78, 5) is 9.97. The van der Waals surface area contributed by atoms with Crippen molar-refractivity contribution in [1.29, 1.82) is 0 Å². The first-order chi connectivity index (χ1) is 13.9. The molecule has 0 aliphatic rings. The summed E-state index contributed by atoms with van der Waals surface area (Å²) in [5, 5.41) is 9.45. The van der Waals surface area contributed by atoms with Crippen molar-refractivity contribution in [2.75, 3.05) is 7.11 Å². The van der Waals surface area contributed by atoms with Crippen LogP contribution >= 0.6 is 23.2 Å². The van der Waals surface area contributed by atoms with Crippen molar-refractivity contribution >= 4 is 39.1 Å². The molecule has 0 heterocycles. The Morgan fingerprint density at radius 1 is 1.13 bits per heavy atom. The molecule has 30 heavy (non-hydrogen) atoms. The smallest absolute Gasteiger partial charge is 0.476 e. The third-order valence-electron chi connectivity index (χ3n) is 3.43. The highest BCUT2D eigenvalue weighted by atomic mass is 35.5. The molecule has 0 saturated heterocycles. The molecule has 2 rings (SSSR count). The van der Waals surface area contributed by atoms with Gasteiger partial charge in [-0.2, -0.15) is 21.6 Å². The van der Waals surface area contributed by atoms with E-state index in [0.717, 1.165) is 7.11 Å². The summed E-state index contributed by atoms with van der Waals surface area (Å²) in [6.07, 6.45) is -4.86. The van der Waals surface area contributed by atoms with Crippen molar-refractivity contribution in [2.24, 2.45) is 4.40 Å². The summed E-state index contributed by atoms with van der Waals surface area (Å²) in [5.41, 5.74) is -3.97. The molecular formula is C16H11Cl2F3N2O6S. The molecule has 0 spiro atoms. The molecule has 14 heteroatoms. The highest BCUT2D eigenvalue weighted by molar-refractivity contribution is 7.90. The molecule has 0 bridgehead atoms. The lowest BCUT2D eigenvalue weighted by atomic mass is 10.2. The van der Waals surface area contributed by atoms with Crippen LogP contribution in [0.2, 0.25) is 10.0 Å². The van der Waals surface area contributed by atoms with Gasteiger partial charge in [0.05, 0.1) is 22.6 Å². The first-order valence-electron chi connectivity index (χ1n) is 7.67. The Hall–Kier alpha value is -2.57. The summed E-state index contributed by atoms with van der Waals surface area (Å²) in [6, 6.07) is 8.65. The van der Waals surface area contributed by atoms with Gasteiger partial charge in [0, 0.05) is 5.56 Å². The number of halogens is 5. The van der Waals surface area contributed by atoms with Crippen LogP contribution in [0.15, 0.2) is 46.9 Å². The molecule has 8 nitrogen and oxygen atoms in total. The van der Waals surface area contributed by atoms with Crippen molar-refractivity contribution in [3.8, 4) is 5.75 Å². The van der Waals surface area contributed by atoms with Crippen LogP contribution < -0.4 is 4.74 Å². The van der Waals surface area contributed by atoms with E-state index in [9.17, 15) is 31.7 Å². The minimum atomic E-state index is -5.03. The number of sulfonamides is 1. The van der Waals surface area contributed by atoms with Gasteiger partial charge in [-0.15, -0.1) is 4.40 Å². The maximum absolute atomic E-state index is 12.9. The lowest BCUT2D eigenvalue weighted by Gasteiger charge is -2.15. The number of nitro groups is 1. The standard InChI is InChI=1S/C16H11Cl2F3N2O6S/c1-28-14(9-5-3-2-4-6-9)22-30(26,27)15(23(24)25)29-11-8-7-10(16(19,20)21)12(17)13(11)18/h2-8,15H,1H3/b22-14-. The van der Waals surface area contributed by atoms with Crippen molar-refractivity contribution < 1.29 is 36.0 Å². The van der Waals surface area contributed by atoms with E-state index >= 15 is 0 Å². The molecule has 0 amide bonds. The topological polar surface area (TPSA) is 108 Å². The molecule has 0 N–H and O–H groups in total. The predicted octanol–water partition coefficient (Wildman–Crippen LogP) is 4.37. The van der Waals surface area contributed by atoms with E-state index in [0.29, 0.717) is 12.1 Å². The number of rotatable bonds is 6. The fourth-order valence-corrected chi connectivity index (χ4v) is 3.53. The zero-order valence-electron chi connectivity index (χ0n) is 14.8. The maximum Gasteiger partial charge on any atom is 0.476 e. The number of methoxy groups -OCH3 is 1. The Bertz CT molecular complexity index is 1080. The SMILES string of the molecule is CO/C(=N\S(=O)(=O)C(Oc1ccc(C(F)(F)F)c(Cl)c1Cl)[N+](=O)[O-])c1ccccc1. The van der Waals surface area contributed by atoms with Crippen LogP contribution in [-0.2, 0) is 20.9 Å². The highest BCUT2D eigenvalue weighted by Crippen LogP contribution is 2.42. The summed E-state index contributed by atoms with van der Waals surface area (Å²) in [5.74, 6) is -1.23. The number of ether oxygens (including phenoxy) is 2. The van der Waals surface area contributed by atoms with E-state index in [1.807, 2.05) is 0 Å². The lowest BCUT2D eigenvalue weighted by Crippen LogP contribution is -2.35. The molecule has 0 fully saturated rings. The molecule has 0 radical (unpaired) electrons. The minimum absolute atomic E-state index is 0.196. The quantitative estimate of drug-likeness (QED) is 0.197. The van der Waals surface area contributed by atoms with Gasteiger partial charge in [-0.05, 0) is 24.3 Å². The van der Waals surface area contributed by atoms with Gasteiger partial charge >= 0.3 is 21.8 Å². The van der Waals surface area contributed by atoms with Gasteiger partial charge in [0.1, 0.15) is 10.8 Å². The van der Waals surface area contributed by atoms with Crippen LogP contribution in [0, 0.1) is 10.1 Å². The number of hydrogen-bond donors (Lipinski definition) is 0. The lowest BCUT2D eigenvalue weighted by molar-refractivity contribution is -0.534. The van der Waals surface area contributed by atoms with E-state index in [1.165, 1.54) is 12.1 Å². The Morgan fingerprint density at radius 2 is 1.73 bits per heavy atom. The van der Waals surface area contributed by atoms with Gasteiger partial charge in [0.15, 0.2) is 0 Å². The van der Waals surface area contributed by atoms with Gasteiger partial charge < -0.3 is 9.47 Å². The average Bonchev–Trinajstić information content (AvgIpc) is 2.66. The Labute approximate surface area is 178 Å². The largest absolute Gasteiger partial charge is 0.480 e. The molecule has 0 aromatic heterocycles. The predicted molar refractivity (Wildman–Crippen MR) is 102 cm³/mol. The summed E-state index contributed by atoms with van der Waals surface area (Å²) in [7, 11) is -3.94. The van der Waals surface area contributed by atoms with Gasteiger partial charge in [-0.1, -0.05) is 41.4 Å². The third-order valence-corrected chi connectivity index (χ3v) is 5.49. The van der Waals surface area contributed by atoms with E-state index in [2.05, 4.69) is 4.40 Å². The molecular weight excluding hydrogens is 476 g/mol. The van der Waals surface area contributed by atoms with E-state index < -0.39 is 53.9 Å². The Balaban J connectivity index is 2.47. The number of hydrogen-bond acceptors (Lipinski definition) is 6. The van der Waals surface area contributed by atoms with Gasteiger partial charge in [0.25, 0.3) is 0 Å². The molecule has 1 atom stereocenters. The minimum Gasteiger partial charge on any atom is -0.480 e.